The van der Waals surface area contributed by atoms with Crippen molar-refractivity contribution in [1.82, 2.24) is 9.55 Å². The number of imidazole rings is 1. The zero-order valence-electron chi connectivity index (χ0n) is 11.4. The molecule has 1 fully saturated rings. The van der Waals surface area contributed by atoms with Crippen molar-refractivity contribution >= 4 is 5.95 Å². The van der Waals surface area contributed by atoms with Gasteiger partial charge in [0.2, 0.25) is 5.95 Å². The van der Waals surface area contributed by atoms with Gasteiger partial charge in [0.15, 0.2) is 0 Å². The molecule has 1 atom stereocenters. The first kappa shape index (κ1) is 12.3. The molecule has 0 radical (unpaired) electrons. The van der Waals surface area contributed by atoms with Crippen molar-refractivity contribution in [3.8, 4) is 5.69 Å². The van der Waals surface area contributed by atoms with Crippen molar-refractivity contribution < 1.29 is 0 Å². The zero-order chi connectivity index (χ0) is 13.1. The average Bonchev–Trinajstić information content (AvgIpc) is 3.11. The Balaban J connectivity index is 1.77. The Hall–Kier alpha value is -1.77. The summed E-state index contributed by atoms with van der Waals surface area (Å²) in [6.45, 7) is 2.28. The van der Waals surface area contributed by atoms with Crippen LogP contribution in [-0.4, -0.2) is 15.6 Å². The van der Waals surface area contributed by atoms with Crippen LogP contribution < -0.4 is 5.32 Å². The fourth-order valence-corrected chi connectivity index (χ4v) is 2.99. The second-order valence-electron chi connectivity index (χ2n) is 5.43. The third-order valence-electron chi connectivity index (χ3n) is 4.14. The number of nitrogens with zero attached hydrogens (tertiary/aromatic N) is 2. The van der Waals surface area contributed by atoms with Gasteiger partial charge in [-0.1, -0.05) is 31.0 Å². The maximum Gasteiger partial charge on any atom is 0.207 e. The van der Waals surface area contributed by atoms with Gasteiger partial charge >= 0.3 is 0 Å². The van der Waals surface area contributed by atoms with Gasteiger partial charge in [-0.25, -0.2) is 4.98 Å². The van der Waals surface area contributed by atoms with E-state index in [1.165, 1.54) is 25.7 Å². The highest BCUT2D eigenvalue weighted by Crippen LogP contribution is 2.29. The molecule has 0 bridgehead atoms. The number of benzene rings is 1. The fraction of sp³-hybridized carbons (Fsp3) is 0.438. The van der Waals surface area contributed by atoms with E-state index >= 15 is 0 Å². The Kier molecular flexibility index (Phi) is 3.53. The lowest BCUT2D eigenvalue weighted by Crippen LogP contribution is -2.25. The van der Waals surface area contributed by atoms with Crippen LogP contribution in [0.2, 0.25) is 0 Å². The minimum absolute atomic E-state index is 0.493. The predicted octanol–water partition coefficient (Wildman–Crippen LogP) is 3.86. The third kappa shape index (κ3) is 2.65. The van der Waals surface area contributed by atoms with Crippen LogP contribution in [0.1, 0.15) is 32.6 Å². The van der Waals surface area contributed by atoms with E-state index in [2.05, 4.69) is 46.1 Å². The number of hydrogen-bond acceptors (Lipinski definition) is 2. The second-order valence-corrected chi connectivity index (χ2v) is 5.43. The first-order valence-corrected chi connectivity index (χ1v) is 7.20. The number of hydrogen-bond donors (Lipinski definition) is 1. The second kappa shape index (κ2) is 5.47. The molecule has 1 heterocycles. The molecule has 3 heteroatoms. The van der Waals surface area contributed by atoms with E-state index in [9.17, 15) is 0 Å². The van der Waals surface area contributed by atoms with Gasteiger partial charge in [-0.15, -0.1) is 0 Å². The van der Waals surface area contributed by atoms with Gasteiger partial charge in [0.25, 0.3) is 0 Å². The number of nitrogens with one attached hydrogen (secondary N) is 1. The van der Waals surface area contributed by atoms with E-state index in [4.69, 9.17) is 0 Å². The van der Waals surface area contributed by atoms with Crippen LogP contribution in [0.3, 0.4) is 0 Å². The van der Waals surface area contributed by atoms with Crippen molar-refractivity contribution in [2.75, 3.05) is 5.32 Å². The molecule has 1 aliphatic carbocycles. The number of anilines is 1. The lowest BCUT2D eigenvalue weighted by Gasteiger charge is -2.21. The highest BCUT2D eigenvalue weighted by Gasteiger charge is 2.22. The summed E-state index contributed by atoms with van der Waals surface area (Å²) >= 11 is 0. The summed E-state index contributed by atoms with van der Waals surface area (Å²) < 4.78 is 2.12. The Morgan fingerprint density at radius 2 is 1.95 bits per heavy atom. The molecule has 1 aliphatic rings. The fourth-order valence-electron chi connectivity index (χ4n) is 2.99. The van der Waals surface area contributed by atoms with Crippen LogP contribution in [0.25, 0.3) is 5.69 Å². The lowest BCUT2D eigenvalue weighted by atomic mass is 10.0. The van der Waals surface area contributed by atoms with E-state index in [-0.39, 0.29) is 0 Å². The molecule has 100 valence electrons. The highest BCUT2D eigenvalue weighted by atomic mass is 15.2. The minimum atomic E-state index is 0.493. The largest absolute Gasteiger partial charge is 0.353 e. The van der Waals surface area contributed by atoms with Crippen LogP contribution >= 0.6 is 0 Å². The van der Waals surface area contributed by atoms with Gasteiger partial charge in [-0.2, -0.15) is 0 Å². The average molecular weight is 255 g/mol. The van der Waals surface area contributed by atoms with Gasteiger partial charge in [0, 0.05) is 24.1 Å². The highest BCUT2D eigenvalue weighted by molar-refractivity contribution is 5.42. The van der Waals surface area contributed by atoms with Gasteiger partial charge < -0.3 is 5.32 Å². The van der Waals surface area contributed by atoms with Crippen molar-refractivity contribution in [2.45, 2.75) is 38.6 Å². The van der Waals surface area contributed by atoms with E-state index in [1.807, 2.05) is 18.5 Å². The Labute approximate surface area is 114 Å². The van der Waals surface area contributed by atoms with Crippen LogP contribution in [-0.2, 0) is 0 Å². The summed E-state index contributed by atoms with van der Waals surface area (Å²) in [4.78, 5) is 4.46. The predicted molar refractivity (Wildman–Crippen MR) is 78.6 cm³/mol. The topological polar surface area (TPSA) is 29.9 Å². The minimum Gasteiger partial charge on any atom is -0.353 e. The molecule has 0 amide bonds. The summed E-state index contributed by atoms with van der Waals surface area (Å²) in [5.74, 6) is 1.74. The van der Waals surface area contributed by atoms with Gasteiger partial charge in [0.1, 0.15) is 0 Å². The third-order valence-corrected chi connectivity index (χ3v) is 4.14. The summed E-state index contributed by atoms with van der Waals surface area (Å²) in [6.07, 6.45) is 9.32. The summed E-state index contributed by atoms with van der Waals surface area (Å²) in [6, 6.07) is 10.8. The zero-order valence-corrected chi connectivity index (χ0v) is 11.4. The molecule has 19 heavy (non-hydrogen) atoms. The van der Waals surface area contributed by atoms with E-state index < -0.39 is 0 Å². The van der Waals surface area contributed by atoms with Gasteiger partial charge in [-0.05, 0) is 37.8 Å². The Bertz CT molecular complexity index is 512. The standard InChI is InChI=1S/C16H21N3/c1-13(14-7-5-6-8-14)18-16-17-11-12-19(16)15-9-3-2-4-10-15/h2-4,9-14H,5-8H2,1H3,(H,17,18). The molecule has 2 aromatic rings. The molecule has 1 N–H and O–H groups in total. The van der Waals surface area contributed by atoms with Crippen LogP contribution in [0.4, 0.5) is 5.95 Å². The van der Waals surface area contributed by atoms with Crippen molar-refractivity contribution in [3.05, 3.63) is 42.7 Å². The molecule has 1 aromatic heterocycles. The number of para-hydroxylation sites is 1. The SMILES string of the molecule is CC(Nc1nccn1-c1ccccc1)C1CCCC1. The molecule has 0 saturated heterocycles. The summed E-state index contributed by atoms with van der Waals surface area (Å²) in [7, 11) is 0. The Morgan fingerprint density at radius 1 is 1.21 bits per heavy atom. The first-order valence-electron chi connectivity index (χ1n) is 7.20. The quantitative estimate of drug-likeness (QED) is 0.899. The maximum absolute atomic E-state index is 4.46. The Morgan fingerprint density at radius 3 is 2.68 bits per heavy atom. The van der Waals surface area contributed by atoms with Crippen LogP contribution in [0.15, 0.2) is 42.7 Å². The molecule has 3 rings (SSSR count). The molecule has 0 spiro atoms. The molecule has 3 nitrogen and oxygen atoms in total. The van der Waals surface area contributed by atoms with Gasteiger partial charge in [0.05, 0.1) is 0 Å². The van der Waals surface area contributed by atoms with Crippen LogP contribution in [0.5, 0.6) is 0 Å². The molecule has 1 unspecified atom stereocenters. The molecule has 1 aromatic carbocycles. The first-order chi connectivity index (χ1) is 9.34. The van der Waals surface area contributed by atoms with Gasteiger partial charge in [-0.3, -0.25) is 4.57 Å². The molecule has 1 saturated carbocycles. The van der Waals surface area contributed by atoms with E-state index in [0.717, 1.165) is 17.6 Å². The summed E-state index contributed by atoms with van der Waals surface area (Å²) in [5, 5.41) is 3.58. The number of rotatable bonds is 4. The van der Waals surface area contributed by atoms with Crippen molar-refractivity contribution in [2.24, 2.45) is 5.92 Å². The van der Waals surface area contributed by atoms with E-state index in [0.29, 0.717) is 6.04 Å². The summed E-state index contributed by atoms with van der Waals surface area (Å²) in [5.41, 5.74) is 1.15. The molecular formula is C16H21N3. The van der Waals surface area contributed by atoms with Crippen LogP contribution in [0, 0.1) is 5.92 Å². The normalized spacial score (nSPS) is 17.5. The van der Waals surface area contributed by atoms with Crippen molar-refractivity contribution in [1.29, 1.82) is 0 Å². The maximum atomic E-state index is 4.46. The molecule has 0 aliphatic heterocycles. The molecular weight excluding hydrogens is 234 g/mol. The van der Waals surface area contributed by atoms with Crippen molar-refractivity contribution in [3.63, 3.8) is 0 Å². The number of aromatic nitrogens is 2. The smallest absolute Gasteiger partial charge is 0.207 e. The lowest BCUT2D eigenvalue weighted by molar-refractivity contribution is 0.479. The monoisotopic (exact) mass is 255 g/mol. The van der Waals surface area contributed by atoms with E-state index in [1.54, 1.807) is 0 Å².